The third kappa shape index (κ3) is 3.83. The van der Waals surface area contributed by atoms with Crippen molar-refractivity contribution in [3.63, 3.8) is 0 Å². The number of allylic oxidation sites excluding steroid dienone is 2. The number of hydrogen-bond acceptors (Lipinski definition) is 3. The number of rotatable bonds is 5. The fourth-order valence-electron chi connectivity index (χ4n) is 3.30. The van der Waals surface area contributed by atoms with Crippen molar-refractivity contribution in [1.82, 2.24) is 9.80 Å². The van der Waals surface area contributed by atoms with Gasteiger partial charge in [-0.15, -0.1) is 0 Å². The number of aliphatic hydroxyl groups excluding tert-OH is 1. The lowest BCUT2D eigenvalue weighted by Gasteiger charge is -2.42. The minimum absolute atomic E-state index is 0.168. The molecule has 0 aromatic rings. The quantitative estimate of drug-likeness (QED) is 0.776. The molecule has 1 amide bonds. The van der Waals surface area contributed by atoms with E-state index in [1.165, 1.54) is 0 Å². The van der Waals surface area contributed by atoms with Crippen LogP contribution in [0.3, 0.4) is 0 Å². The Labute approximate surface area is 122 Å². The molecule has 2 aliphatic rings. The lowest BCUT2D eigenvalue weighted by atomic mass is 10.0. The zero-order chi connectivity index (χ0) is 14.5. The number of piperazine rings is 1. The van der Waals surface area contributed by atoms with Crippen LogP contribution in [0.15, 0.2) is 12.2 Å². The maximum atomic E-state index is 12.5. The molecule has 4 nitrogen and oxygen atoms in total. The topological polar surface area (TPSA) is 43.8 Å². The van der Waals surface area contributed by atoms with E-state index in [1.54, 1.807) is 0 Å². The first-order chi connectivity index (χ1) is 9.61. The van der Waals surface area contributed by atoms with E-state index in [0.717, 1.165) is 45.4 Å². The van der Waals surface area contributed by atoms with E-state index in [9.17, 15) is 9.90 Å². The summed E-state index contributed by atoms with van der Waals surface area (Å²) in [6.07, 6.45) is 6.79. The van der Waals surface area contributed by atoms with Crippen LogP contribution in [0.5, 0.6) is 0 Å². The molecule has 20 heavy (non-hydrogen) atoms. The van der Waals surface area contributed by atoms with Crippen molar-refractivity contribution in [2.45, 2.75) is 39.2 Å². The Morgan fingerprint density at radius 1 is 1.30 bits per heavy atom. The van der Waals surface area contributed by atoms with Crippen LogP contribution in [-0.2, 0) is 4.79 Å². The lowest BCUT2D eigenvalue weighted by Crippen LogP contribution is -2.56. The van der Waals surface area contributed by atoms with E-state index in [4.69, 9.17) is 0 Å². The van der Waals surface area contributed by atoms with Crippen molar-refractivity contribution in [3.8, 4) is 0 Å². The zero-order valence-corrected chi connectivity index (χ0v) is 12.8. The van der Waals surface area contributed by atoms with E-state index in [1.807, 2.05) is 4.90 Å². The second-order valence-electron chi connectivity index (χ2n) is 6.48. The van der Waals surface area contributed by atoms with Gasteiger partial charge < -0.3 is 10.0 Å². The van der Waals surface area contributed by atoms with Gasteiger partial charge in [0.2, 0.25) is 5.91 Å². The molecule has 0 aromatic heterocycles. The summed E-state index contributed by atoms with van der Waals surface area (Å²) in [5.74, 6) is 1.10. The van der Waals surface area contributed by atoms with Gasteiger partial charge >= 0.3 is 0 Å². The predicted molar refractivity (Wildman–Crippen MR) is 80.3 cm³/mol. The highest BCUT2D eigenvalue weighted by atomic mass is 16.3. The largest absolute Gasteiger partial charge is 0.396 e. The van der Waals surface area contributed by atoms with Crippen molar-refractivity contribution in [2.24, 2.45) is 11.8 Å². The van der Waals surface area contributed by atoms with Crippen molar-refractivity contribution >= 4 is 5.91 Å². The monoisotopic (exact) mass is 280 g/mol. The molecule has 114 valence electrons. The number of hydrogen-bond donors (Lipinski definition) is 1. The summed E-state index contributed by atoms with van der Waals surface area (Å²) in [7, 11) is 0. The number of carbonyl (C=O) groups is 1. The molecule has 0 saturated carbocycles. The third-order valence-electron chi connectivity index (χ3n) is 4.34. The Hall–Kier alpha value is -0.870. The maximum Gasteiger partial charge on any atom is 0.226 e. The van der Waals surface area contributed by atoms with Gasteiger partial charge in [-0.3, -0.25) is 9.69 Å². The van der Waals surface area contributed by atoms with Gasteiger partial charge in [-0.05, 0) is 25.2 Å². The van der Waals surface area contributed by atoms with Crippen LogP contribution in [0.4, 0.5) is 0 Å². The molecule has 1 aliphatic carbocycles. The molecular formula is C16H28N2O2. The van der Waals surface area contributed by atoms with Gasteiger partial charge in [0.05, 0.1) is 0 Å². The van der Waals surface area contributed by atoms with E-state index in [-0.39, 0.29) is 12.5 Å². The van der Waals surface area contributed by atoms with Crippen molar-refractivity contribution < 1.29 is 9.90 Å². The van der Waals surface area contributed by atoms with E-state index in [0.29, 0.717) is 17.9 Å². The van der Waals surface area contributed by atoms with Crippen LogP contribution in [0.25, 0.3) is 0 Å². The highest BCUT2D eigenvalue weighted by molar-refractivity contribution is 5.79. The SMILES string of the molecule is CC(C)CN1CCN(C(=O)C2CC=CC2)C[C@@H]1CCO. The minimum Gasteiger partial charge on any atom is -0.396 e. The Morgan fingerprint density at radius 3 is 2.60 bits per heavy atom. The van der Waals surface area contributed by atoms with Crippen LogP contribution in [-0.4, -0.2) is 59.6 Å². The summed E-state index contributed by atoms with van der Waals surface area (Å²) >= 11 is 0. The first kappa shape index (κ1) is 15.5. The number of amides is 1. The van der Waals surface area contributed by atoms with Crippen molar-refractivity contribution in [1.29, 1.82) is 0 Å². The van der Waals surface area contributed by atoms with Gasteiger partial charge in [-0.25, -0.2) is 0 Å². The first-order valence-electron chi connectivity index (χ1n) is 7.90. The predicted octanol–water partition coefficient (Wildman–Crippen LogP) is 1.50. The zero-order valence-electron chi connectivity index (χ0n) is 12.8. The van der Waals surface area contributed by atoms with Crippen molar-refractivity contribution in [2.75, 3.05) is 32.8 Å². The van der Waals surface area contributed by atoms with Gasteiger partial charge in [0.25, 0.3) is 0 Å². The molecule has 0 radical (unpaired) electrons. The average Bonchev–Trinajstić information content (AvgIpc) is 2.93. The summed E-state index contributed by atoms with van der Waals surface area (Å²) in [6.45, 7) is 8.25. The molecule has 2 rings (SSSR count). The highest BCUT2D eigenvalue weighted by Gasteiger charge is 2.32. The van der Waals surface area contributed by atoms with Crippen LogP contribution in [0.1, 0.15) is 33.1 Å². The van der Waals surface area contributed by atoms with Crippen molar-refractivity contribution in [3.05, 3.63) is 12.2 Å². The third-order valence-corrected chi connectivity index (χ3v) is 4.34. The Morgan fingerprint density at radius 2 is 2.00 bits per heavy atom. The number of aliphatic hydroxyl groups is 1. The van der Waals surface area contributed by atoms with E-state index < -0.39 is 0 Å². The summed E-state index contributed by atoms with van der Waals surface area (Å²) in [5.41, 5.74) is 0. The normalized spacial score (nSPS) is 24.8. The van der Waals surface area contributed by atoms with Gasteiger partial charge in [0, 0.05) is 44.7 Å². The summed E-state index contributed by atoms with van der Waals surface area (Å²) in [4.78, 5) is 16.9. The van der Waals surface area contributed by atoms with Gasteiger partial charge in [0.1, 0.15) is 0 Å². The van der Waals surface area contributed by atoms with Gasteiger partial charge in [0.15, 0.2) is 0 Å². The number of nitrogens with zero attached hydrogens (tertiary/aromatic N) is 2. The van der Waals surface area contributed by atoms with Crippen LogP contribution >= 0.6 is 0 Å². The van der Waals surface area contributed by atoms with Gasteiger partial charge in [-0.2, -0.15) is 0 Å². The highest BCUT2D eigenvalue weighted by Crippen LogP contribution is 2.23. The van der Waals surface area contributed by atoms with Crippen LogP contribution < -0.4 is 0 Å². The Kier molecular flexibility index (Phi) is 5.61. The molecule has 1 N–H and O–H groups in total. The van der Waals surface area contributed by atoms with E-state index in [2.05, 4.69) is 30.9 Å². The maximum absolute atomic E-state index is 12.5. The fourth-order valence-corrected chi connectivity index (χ4v) is 3.30. The molecule has 4 heteroatoms. The lowest BCUT2D eigenvalue weighted by molar-refractivity contribution is -0.138. The second kappa shape index (κ2) is 7.23. The minimum atomic E-state index is 0.168. The van der Waals surface area contributed by atoms with Crippen LogP contribution in [0, 0.1) is 11.8 Å². The summed E-state index contributed by atoms with van der Waals surface area (Å²) in [6, 6.07) is 0.314. The first-order valence-corrected chi connectivity index (χ1v) is 7.90. The van der Waals surface area contributed by atoms with E-state index >= 15 is 0 Å². The molecule has 1 atom stereocenters. The summed E-state index contributed by atoms with van der Waals surface area (Å²) < 4.78 is 0. The molecule has 1 aliphatic heterocycles. The standard InChI is InChI=1S/C16H28N2O2/c1-13(2)11-17-8-9-18(12-15(17)7-10-19)16(20)14-5-3-4-6-14/h3-4,13-15,19H,5-12H2,1-2H3/t15-/m0/s1. The molecule has 1 saturated heterocycles. The smallest absolute Gasteiger partial charge is 0.226 e. The fraction of sp³-hybridized carbons (Fsp3) is 0.812. The number of carbonyl (C=O) groups excluding carboxylic acids is 1. The molecule has 0 aromatic carbocycles. The Bertz CT molecular complexity index is 346. The molecule has 1 heterocycles. The summed E-state index contributed by atoms with van der Waals surface area (Å²) in [5, 5.41) is 9.27. The Balaban J connectivity index is 1.92. The second-order valence-corrected chi connectivity index (χ2v) is 6.48. The molecular weight excluding hydrogens is 252 g/mol. The molecule has 0 unspecified atom stereocenters. The molecule has 1 fully saturated rings. The molecule has 0 bridgehead atoms. The van der Waals surface area contributed by atoms with Gasteiger partial charge in [-0.1, -0.05) is 26.0 Å². The molecule has 0 spiro atoms. The van der Waals surface area contributed by atoms with Crippen LogP contribution in [0.2, 0.25) is 0 Å². The average molecular weight is 280 g/mol.